The number of nitrogens with zero attached hydrogens (tertiary/aromatic N) is 3. The molecule has 2 aromatic heterocycles. The van der Waals surface area contributed by atoms with Gasteiger partial charge in [0, 0.05) is 5.02 Å². The first kappa shape index (κ1) is 22.4. The highest BCUT2D eigenvalue weighted by atomic mass is 35.5. The van der Waals surface area contributed by atoms with E-state index in [-0.39, 0.29) is 22.3 Å². The summed E-state index contributed by atoms with van der Waals surface area (Å²) in [5, 5.41) is 10.3. The lowest BCUT2D eigenvalue weighted by molar-refractivity contribution is 0.0970. The monoisotopic (exact) mass is 497 g/mol. The third kappa shape index (κ3) is 3.52. The maximum Gasteiger partial charge on any atom is 0.297 e. The van der Waals surface area contributed by atoms with Crippen LogP contribution in [0.4, 0.5) is 5.13 Å². The lowest BCUT2D eigenvalue weighted by Gasteiger charge is -2.23. The summed E-state index contributed by atoms with van der Waals surface area (Å²) in [5.74, 6) is 0.567. The zero-order valence-corrected chi connectivity index (χ0v) is 20.2. The molecule has 4 aromatic rings. The summed E-state index contributed by atoms with van der Waals surface area (Å²) < 4.78 is 17.1. The van der Waals surface area contributed by atoms with Crippen LogP contribution < -0.4 is 19.8 Å². The molecule has 1 atom stereocenters. The summed E-state index contributed by atoms with van der Waals surface area (Å²) >= 11 is 7.45. The van der Waals surface area contributed by atoms with Crippen molar-refractivity contribution in [3.8, 4) is 11.5 Å². The lowest BCUT2D eigenvalue weighted by Crippen LogP contribution is -2.29. The van der Waals surface area contributed by atoms with Gasteiger partial charge in [-0.3, -0.25) is 14.5 Å². The third-order valence-corrected chi connectivity index (χ3v) is 6.90. The molecule has 0 aliphatic carbocycles. The van der Waals surface area contributed by atoms with Crippen LogP contribution in [-0.2, 0) is 6.42 Å². The number of rotatable bonds is 6. The van der Waals surface area contributed by atoms with Gasteiger partial charge in [0.2, 0.25) is 10.9 Å². The largest absolute Gasteiger partial charge is 0.493 e. The molecule has 0 fully saturated rings. The minimum Gasteiger partial charge on any atom is -0.493 e. The Balaban J connectivity index is 1.77. The minimum atomic E-state index is -0.788. The average molecular weight is 498 g/mol. The highest BCUT2D eigenvalue weighted by Gasteiger charge is 2.45. The summed E-state index contributed by atoms with van der Waals surface area (Å²) in [6, 6.07) is 9.28. The molecule has 8 nitrogen and oxygen atoms in total. The van der Waals surface area contributed by atoms with Crippen molar-refractivity contribution in [2.75, 3.05) is 18.6 Å². The van der Waals surface area contributed by atoms with Gasteiger partial charge in [0.15, 0.2) is 16.9 Å². The molecule has 0 saturated carbocycles. The zero-order chi connectivity index (χ0) is 24.0. The Labute approximate surface area is 203 Å². The van der Waals surface area contributed by atoms with Crippen molar-refractivity contribution in [1.29, 1.82) is 0 Å². The Hall–Kier alpha value is -3.43. The predicted molar refractivity (Wildman–Crippen MR) is 130 cm³/mol. The Morgan fingerprint density at radius 2 is 1.94 bits per heavy atom. The molecule has 1 aliphatic rings. The van der Waals surface area contributed by atoms with Crippen LogP contribution in [0.5, 0.6) is 11.5 Å². The van der Waals surface area contributed by atoms with Gasteiger partial charge in [-0.2, -0.15) is 0 Å². The van der Waals surface area contributed by atoms with E-state index in [0.717, 1.165) is 5.01 Å². The van der Waals surface area contributed by atoms with Crippen molar-refractivity contribution < 1.29 is 18.7 Å². The molecule has 5 rings (SSSR count). The van der Waals surface area contributed by atoms with E-state index < -0.39 is 11.9 Å². The normalized spacial score (nSPS) is 15.1. The number of fused-ring (bicyclic) bond motifs is 2. The topological polar surface area (TPSA) is 94.8 Å². The van der Waals surface area contributed by atoms with Gasteiger partial charge in [-0.25, -0.2) is 0 Å². The molecule has 1 aliphatic heterocycles. The molecule has 10 heteroatoms. The van der Waals surface area contributed by atoms with Crippen LogP contribution in [0.3, 0.4) is 0 Å². The molecule has 0 radical (unpaired) electrons. The minimum absolute atomic E-state index is 0.0223. The van der Waals surface area contributed by atoms with Crippen molar-refractivity contribution in [2.24, 2.45) is 0 Å². The fourth-order valence-corrected chi connectivity index (χ4v) is 5.05. The molecule has 174 valence electrons. The van der Waals surface area contributed by atoms with Crippen LogP contribution in [0.25, 0.3) is 11.0 Å². The Bertz CT molecular complexity index is 1480. The molecule has 0 bridgehead atoms. The van der Waals surface area contributed by atoms with Gasteiger partial charge in [0.05, 0.1) is 30.7 Å². The standard InChI is InChI=1S/C24H20ClN3O5S/c1-4-18-26-27-24(34-18)28-20(12-6-8-16(32-5-2)17(10-12)31-3)19-21(29)14-11-13(25)7-9-15(14)33-22(19)23(28)30/h6-11,20H,4-5H2,1-3H3/t20-/m1/s1. The molecule has 34 heavy (non-hydrogen) atoms. The maximum atomic E-state index is 13.7. The van der Waals surface area contributed by atoms with Crippen molar-refractivity contribution in [3.63, 3.8) is 0 Å². The lowest BCUT2D eigenvalue weighted by atomic mass is 9.98. The van der Waals surface area contributed by atoms with Crippen molar-refractivity contribution in [3.05, 3.63) is 73.5 Å². The SMILES string of the molecule is CCOc1ccc([C@@H]2c3c(oc4ccc(Cl)cc4c3=O)C(=O)N2c2nnc(CC)s2)cc1OC. The van der Waals surface area contributed by atoms with E-state index in [2.05, 4.69) is 10.2 Å². The van der Waals surface area contributed by atoms with E-state index in [1.807, 2.05) is 13.8 Å². The quantitative estimate of drug-likeness (QED) is 0.369. The zero-order valence-electron chi connectivity index (χ0n) is 18.6. The summed E-state index contributed by atoms with van der Waals surface area (Å²) in [7, 11) is 1.54. The number of aromatic nitrogens is 2. The summed E-state index contributed by atoms with van der Waals surface area (Å²) in [4.78, 5) is 28.8. The fraction of sp³-hybridized carbons (Fsp3) is 0.250. The molecule has 0 saturated heterocycles. The maximum absolute atomic E-state index is 13.7. The molecular weight excluding hydrogens is 478 g/mol. The van der Waals surface area contributed by atoms with Gasteiger partial charge in [-0.05, 0) is 49.2 Å². The predicted octanol–water partition coefficient (Wildman–Crippen LogP) is 5.02. The van der Waals surface area contributed by atoms with E-state index >= 15 is 0 Å². The smallest absolute Gasteiger partial charge is 0.297 e. The van der Waals surface area contributed by atoms with Gasteiger partial charge >= 0.3 is 0 Å². The number of halogens is 1. The number of hydrogen-bond acceptors (Lipinski definition) is 8. The Morgan fingerprint density at radius 1 is 1.12 bits per heavy atom. The number of methoxy groups -OCH3 is 1. The highest BCUT2D eigenvalue weighted by Crippen LogP contribution is 2.44. The molecule has 2 aromatic carbocycles. The van der Waals surface area contributed by atoms with Gasteiger partial charge in [0.25, 0.3) is 5.91 Å². The third-order valence-electron chi connectivity index (χ3n) is 5.60. The molecule has 0 unspecified atom stereocenters. The number of carbonyl (C=O) groups excluding carboxylic acids is 1. The van der Waals surface area contributed by atoms with Crippen LogP contribution in [0.2, 0.25) is 5.02 Å². The van der Waals surface area contributed by atoms with E-state index in [0.29, 0.717) is 45.6 Å². The van der Waals surface area contributed by atoms with Crippen molar-refractivity contribution in [2.45, 2.75) is 26.3 Å². The van der Waals surface area contributed by atoms with Crippen LogP contribution in [0, 0.1) is 0 Å². The second-order valence-electron chi connectivity index (χ2n) is 7.57. The summed E-state index contributed by atoms with van der Waals surface area (Å²) in [6.07, 6.45) is 0.674. The molecule has 0 N–H and O–H groups in total. The van der Waals surface area contributed by atoms with E-state index in [9.17, 15) is 9.59 Å². The summed E-state index contributed by atoms with van der Waals surface area (Å²) in [6.45, 7) is 4.30. The van der Waals surface area contributed by atoms with E-state index in [1.165, 1.54) is 23.3 Å². The number of anilines is 1. The van der Waals surface area contributed by atoms with E-state index in [1.54, 1.807) is 36.4 Å². The van der Waals surface area contributed by atoms with Crippen molar-refractivity contribution in [1.82, 2.24) is 10.2 Å². The van der Waals surface area contributed by atoms with Gasteiger partial charge in [-0.15, -0.1) is 10.2 Å². The van der Waals surface area contributed by atoms with Crippen LogP contribution in [0.15, 0.2) is 45.6 Å². The number of aryl methyl sites for hydroxylation is 1. The van der Waals surface area contributed by atoms with E-state index in [4.69, 9.17) is 25.5 Å². The number of ether oxygens (including phenoxy) is 2. The number of carbonyl (C=O) groups is 1. The van der Waals surface area contributed by atoms with Gasteiger partial charge < -0.3 is 13.9 Å². The Morgan fingerprint density at radius 3 is 2.65 bits per heavy atom. The second-order valence-corrected chi connectivity index (χ2v) is 9.04. The molecule has 3 heterocycles. The van der Waals surface area contributed by atoms with Crippen LogP contribution in [-0.4, -0.2) is 29.8 Å². The first-order valence-electron chi connectivity index (χ1n) is 10.7. The van der Waals surface area contributed by atoms with Gasteiger partial charge in [0.1, 0.15) is 10.6 Å². The first-order valence-corrected chi connectivity index (χ1v) is 11.9. The van der Waals surface area contributed by atoms with Crippen molar-refractivity contribution >= 4 is 44.9 Å². The van der Waals surface area contributed by atoms with Crippen LogP contribution in [0.1, 0.15) is 46.6 Å². The first-order chi connectivity index (χ1) is 16.5. The highest BCUT2D eigenvalue weighted by molar-refractivity contribution is 7.15. The molecular formula is C24H20ClN3O5S. The molecule has 1 amide bonds. The van der Waals surface area contributed by atoms with Crippen LogP contribution >= 0.6 is 22.9 Å². The molecule has 0 spiro atoms. The number of amides is 1. The number of benzene rings is 2. The number of hydrogen-bond donors (Lipinski definition) is 0. The fourth-order valence-electron chi connectivity index (χ4n) is 4.07. The average Bonchev–Trinajstić information content (AvgIpc) is 3.43. The Kier molecular flexibility index (Phi) is 5.75. The van der Waals surface area contributed by atoms with Gasteiger partial charge in [-0.1, -0.05) is 35.9 Å². The summed E-state index contributed by atoms with van der Waals surface area (Å²) in [5.41, 5.74) is 0.833. The second kappa shape index (κ2) is 8.73.